The summed E-state index contributed by atoms with van der Waals surface area (Å²) in [4.78, 5) is 0. The van der Waals surface area contributed by atoms with Crippen LogP contribution < -0.4 is 0 Å². The third-order valence-corrected chi connectivity index (χ3v) is 9.55. The van der Waals surface area contributed by atoms with E-state index in [1.807, 2.05) is 13.8 Å². The number of hydrogen-bond acceptors (Lipinski definition) is 3. The Balaban J connectivity index is 0.000000256. The van der Waals surface area contributed by atoms with E-state index in [9.17, 15) is 5.11 Å². The van der Waals surface area contributed by atoms with Crippen molar-refractivity contribution >= 4 is 0 Å². The van der Waals surface area contributed by atoms with Crippen molar-refractivity contribution in [1.29, 1.82) is 0 Å². The Hall–Kier alpha value is -0.120. The normalized spacial score (nSPS) is 32.6. The van der Waals surface area contributed by atoms with Crippen molar-refractivity contribution in [3.8, 4) is 0 Å². The molecule has 0 unspecified atom stereocenters. The first-order chi connectivity index (χ1) is 15.9. The van der Waals surface area contributed by atoms with Gasteiger partial charge in [0.25, 0.3) is 0 Å². The van der Waals surface area contributed by atoms with Crippen molar-refractivity contribution in [3.63, 3.8) is 0 Å². The van der Waals surface area contributed by atoms with Gasteiger partial charge in [-0.2, -0.15) is 0 Å². The summed E-state index contributed by atoms with van der Waals surface area (Å²) in [5, 5.41) is 27.5. The lowest BCUT2D eigenvalue weighted by Crippen LogP contribution is -2.34. The van der Waals surface area contributed by atoms with Crippen LogP contribution in [0.4, 0.5) is 0 Å². The summed E-state index contributed by atoms with van der Waals surface area (Å²) in [5.41, 5.74) is 0.0269. The van der Waals surface area contributed by atoms with Gasteiger partial charge in [-0.05, 0) is 106 Å². The van der Waals surface area contributed by atoms with Gasteiger partial charge in [0.15, 0.2) is 0 Å². The molecule has 3 saturated carbocycles. The highest BCUT2D eigenvalue weighted by Gasteiger charge is 2.31. The van der Waals surface area contributed by atoms with Crippen LogP contribution in [0.15, 0.2) is 0 Å². The molecule has 0 aromatic carbocycles. The maximum Gasteiger partial charge on any atom is 0.0619 e. The van der Waals surface area contributed by atoms with Crippen molar-refractivity contribution in [2.75, 3.05) is 13.2 Å². The minimum Gasteiger partial charge on any atom is -0.396 e. The summed E-state index contributed by atoms with van der Waals surface area (Å²) in [7, 11) is 0. The van der Waals surface area contributed by atoms with Crippen LogP contribution in [0, 0.1) is 40.9 Å². The van der Waals surface area contributed by atoms with E-state index in [2.05, 4.69) is 34.6 Å². The molecule has 3 rings (SSSR count). The molecule has 0 radical (unpaired) electrons. The lowest BCUT2D eigenvalue weighted by Gasteiger charge is -2.36. The largest absolute Gasteiger partial charge is 0.396 e. The molecule has 3 fully saturated rings. The van der Waals surface area contributed by atoms with Crippen LogP contribution in [0.5, 0.6) is 0 Å². The maximum absolute atomic E-state index is 9.74. The molecule has 0 saturated heterocycles. The zero-order valence-corrected chi connectivity index (χ0v) is 24.1. The van der Waals surface area contributed by atoms with Crippen molar-refractivity contribution < 1.29 is 15.3 Å². The SMILES string of the molecule is CC(C)(O)C1CCC(CO)CC1.CCC1CCC(C(C)(C)C)CC1.CCC1CCC(CO)CC1. The van der Waals surface area contributed by atoms with E-state index in [1.54, 1.807) is 0 Å². The standard InChI is InChI=1S/C12H24.C10H20O2.C9H18O/c1-5-10-6-8-11(9-7-10)12(2,3)4;1-10(2,12)9-5-3-8(7-11)4-6-9;1-2-8-3-5-9(7-10)6-4-8/h10-11H,5-9H2,1-4H3;8-9,11-12H,3-7H2,1-2H3;8-10H,2-7H2,1H3. The third-order valence-electron chi connectivity index (χ3n) is 9.55. The highest BCUT2D eigenvalue weighted by Crippen LogP contribution is 2.40. The van der Waals surface area contributed by atoms with Gasteiger partial charge >= 0.3 is 0 Å². The predicted octanol–water partition coefficient (Wildman–Crippen LogP) is 8.00. The van der Waals surface area contributed by atoms with E-state index in [-0.39, 0.29) is 0 Å². The van der Waals surface area contributed by atoms with Gasteiger partial charge in [0.2, 0.25) is 0 Å². The molecule has 0 aromatic rings. The quantitative estimate of drug-likeness (QED) is 0.372. The molecule has 0 aromatic heterocycles. The molecule has 0 bridgehead atoms. The molecule has 3 heteroatoms. The van der Waals surface area contributed by atoms with Crippen LogP contribution in [-0.4, -0.2) is 34.1 Å². The highest BCUT2D eigenvalue weighted by molar-refractivity contribution is 4.82. The Morgan fingerprint density at radius 1 is 0.500 bits per heavy atom. The van der Waals surface area contributed by atoms with Crippen LogP contribution in [0.1, 0.15) is 138 Å². The lowest BCUT2D eigenvalue weighted by molar-refractivity contribution is -0.00991. The fourth-order valence-electron chi connectivity index (χ4n) is 6.31. The Morgan fingerprint density at radius 3 is 1.09 bits per heavy atom. The van der Waals surface area contributed by atoms with E-state index < -0.39 is 5.60 Å². The van der Waals surface area contributed by atoms with Gasteiger partial charge < -0.3 is 15.3 Å². The van der Waals surface area contributed by atoms with Crippen LogP contribution in [0.3, 0.4) is 0 Å². The Morgan fingerprint density at radius 2 is 0.794 bits per heavy atom. The Labute approximate surface area is 213 Å². The molecule has 3 aliphatic rings. The van der Waals surface area contributed by atoms with Gasteiger partial charge in [-0.3, -0.25) is 0 Å². The molecule has 0 aliphatic heterocycles. The molecule has 3 nitrogen and oxygen atoms in total. The number of rotatable bonds is 5. The molecule has 0 atom stereocenters. The summed E-state index contributed by atoms with van der Waals surface area (Å²) >= 11 is 0. The molecule has 3 N–H and O–H groups in total. The maximum atomic E-state index is 9.74. The highest BCUT2D eigenvalue weighted by atomic mass is 16.3. The van der Waals surface area contributed by atoms with Crippen LogP contribution in [0.25, 0.3) is 0 Å². The summed E-state index contributed by atoms with van der Waals surface area (Å²) in [6, 6.07) is 0. The summed E-state index contributed by atoms with van der Waals surface area (Å²) < 4.78 is 0. The summed E-state index contributed by atoms with van der Waals surface area (Å²) in [6.07, 6.45) is 18.1. The topological polar surface area (TPSA) is 60.7 Å². The van der Waals surface area contributed by atoms with E-state index in [4.69, 9.17) is 10.2 Å². The molecule has 0 heterocycles. The van der Waals surface area contributed by atoms with Crippen LogP contribution in [-0.2, 0) is 0 Å². The Bertz CT molecular complexity index is 434. The average molecular weight is 483 g/mol. The molecule has 3 aliphatic carbocycles. The van der Waals surface area contributed by atoms with Gasteiger partial charge in [0.05, 0.1) is 5.60 Å². The van der Waals surface area contributed by atoms with E-state index in [0.717, 1.165) is 43.4 Å². The van der Waals surface area contributed by atoms with Gasteiger partial charge in [-0.25, -0.2) is 0 Å². The number of aliphatic hydroxyl groups is 3. The van der Waals surface area contributed by atoms with Crippen molar-refractivity contribution in [3.05, 3.63) is 0 Å². The van der Waals surface area contributed by atoms with E-state index >= 15 is 0 Å². The molecular weight excluding hydrogens is 420 g/mol. The van der Waals surface area contributed by atoms with Gasteiger partial charge in [0.1, 0.15) is 0 Å². The van der Waals surface area contributed by atoms with Crippen LogP contribution >= 0.6 is 0 Å². The smallest absolute Gasteiger partial charge is 0.0619 e. The molecular formula is C31H62O3. The van der Waals surface area contributed by atoms with Crippen molar-refractivity contribution in [2.24, 2.45) is 40.9 Å². The molecule has 0 amide bonds. The fraction of sp³-hybridized carbons (Fsp3) is 1.00. The Kier molecular flexibility index (Phi) is 14.9. The first-order valence-corrected chi connectivity index (χ1v) is 14.9. The molecule has 34 heavy (non-hydrogen) atoms. The minimum atomic E-state index is -0.527. The van der Waals surface area contributed by atoms with E-state index in [1.165, 1.54) is 64.2 Å². The van der Waals surface area contributed by atoms with E-state index in [0.29, 0.717) is 36.4 Å². The first kappa shape index (κ1) is 31.9. The monoisotopic (exact) mass is 482 g/mol. The second kappa shape index (κ2) is 15.9. The fourth-order valence-corrected chi connectivity index (χ4v) is 6.31. The van der Waals surface area contributed by atoms with Crippen molar-refractivity contribution in [2.45, 2.75) is 144 Å². The van der Waals surface area contributed by atoms with Gasteiger partial charge in [-0.1, -0.05) is 73.1 Å². The molecule has 204 valence electrons. The second-order valence-electron chi connectivity index (χ2n) is 13.5. The van der Waals surface area contributed by atoms with Crippen molar-refractivity contribution in [1.82, 2.24) is 0 Å². The predicted molar refractivity (Wildman–Crippen MR) is 147 cm³/mol. The lowest BCUT2D eigenvalue weighted by atomic mass is 9.69. The first-order valence-electron chi connectivity index (χ1n) is 14.9. The average Bonchev–Trinajstić information content (AvgIpc) is 2.84. The summed E-state index contributed by atoms with van der Waals surface area (Å²) in [6.45, 7) is 16.3. The zero-order chi connectivity index (χ0) is 25.8. The number of aliphatic hydroxyl groups excluding tert-OH is 2. The van der Waals surface area contributed by atoms with Gasteiger partial charge in [-0.15, -0.1) is 0 Å². The minimum absolute atomic E-state index is 0.318. The second-order valence-corrected chi connectivity index (χ2v) is 13.5. The zero-order valence-electron chi connectivity index (χ0n) is 24.1. The summed E-state index contributed by atoms with van der Waals surface area (Å²) in [5.74, 6) is 4.54. The van der Waals surface area contributed by atoms with Crippen LogP contribution in [0.2, 0.25) is 0 Å². The number of hydrogen-bond donors (Lipinski definition) is 3. The third kappa shape index (κ3) is 12.2. The van der Waals surface area contributed by atoms with Gasteiger partial charge in [0, 0.05) is 13.2 Å². The molecule has 0 spiro atoms.